The first kappa shape index (κ1) is 14.4. The summed E-state index contributed by atoms with van der Waals surface area (Å²) in [6, 6.07) is 0. The number of hydrogen-bond acceptors (Lipinski definition) is 2. The molecule has 0 aliphatic heterocycles. The second-order valence-electron chi connectivity index (χ2n) is 5.44. The van der Waals surface area contributed by atoms with Crippen LogP contribution in [0.1, 0.15) is 57.8 Å². The van der Waals surface area contributed by atoms with Crippen LogP contribution in [0.2, 0.25) is 0 Å². The molecule has 1 aliphatic rings. The molecule has 0 aromatic heterocycles. The van der Waals surface area contributed by atoms with E-state index in [1.165, 1.54) is 19.3 Å². The molecule has 0 amide bonds. The van der Waals surface area contributed by atoms with Gasteiger partial charge in [-0.1, -0.05) is 25.3 Å². The molecule has 1 aliphatic carbocycles. The summed E-state index contributed by atoms with van der Waals surface area (Å²) >= 11 is 0. The molecule has 1 fully saturated rings. The molecule has 1 saturated carbocycles. The van der Waals surface area contributed by atoms with Crippen molar-refractivity contribution in [2.45, 2.75) is 63.3 Å². The van der Waals surface area contributed by atoms with Gasteiger partial charge in [-0.05, 0) is 46.2 Å². The summed E-state index contributed by atoms with van der Waals surface area (Å²) in [6.45, 7) is 3.72. The lowest BCUT2D eigenvalue weighted by Crippen LogP contribution is -2.48. The van der Waals surface area contributed by atoms with Gasteiger partial charge < -0.3 is 0 Å². The van der Waals surface area contributed by atoms with E-state index in [2.05, 4.69) is 25.6 Å². The SMILES string of the molecule is C=CCCCCCC(=O)C1(N(C)C)CCCC1. The van der Waals surface area contributed by atoms with Crippen LogP contribution in [0.15, 0.2) is 12.7 Å². The van der Waals surface area contributed by atoms with E-state index < -0.39 is 0 Å². The van der Waals surface area contributed by atoms with Crippen LogP contribution >= 0.6 is 0 Å². The number of likely N-dealkylation sites (N-methyl/N-ethyl adjacent to an activating group) is 1. The van der Waals surface area contributed by atoms with E-state index in [0.29, 0.717) is 5.78 Å². The summed E-state index contributed by atoms with van der Waals surface area (Å²) in [7, 11) is 4.11. The van der Waals surface area contributed by atoms with E-state index in [1.54, 1.807) is 0 Å². The van der Waals surface area contributed by atoms with Gasteiger partial charge in [0.05, 0.1) is 5.54 Å². The third kappa shape index (κ3) is 3.67. The first-order chi connectivity index (χ1) is 8.13. The first-order valence-corrected chi connectivity index (χ1v) is 6.95. The number of unbranched alkanes of at least 4 members (excludes halogenated alkanes) is 3. The highest BCUT2D eigenvalue weighted by atomic mass is 16.1. The minimum absolute atomic E-state index is 0.127. The Morgan fingerprint density at radius 1 is 1.24 bits per heavy atom. The lowest BCUT2D eigenvalue weighted by Gasteiger charge is -2.34. The minimum Gasteiger partial charge on any atom is -0.298 e. The van der Waals surface area contributed by atoms with Gasteiger partial charge >= 0.3 is 0 Å². The lowest BCUT2D eigenvalue weighted by molar-refractivity contribution is -0.129. The number of carbonyl (C=O) groups is 1. The third-order valence-corrected chi connectivity index (χ3v) is 4.12. The van der Waals surface area contributed by atoms with Gasteiger partial charge in [0, 0.05) is 6.42 Å². The Morgan fingerprint density at radius 2 is 1.88 bits per heavy atom. The van der Waals surface area contributed by atoms with Crippen LogP contribution in [0, 0.1) is 0 Å². The second kappa shape index (κ2) is 6.95. The number of Topliss-reactive ketones (excluding diaryl/α,β-unsaturated/α-hetero) is 1. The molecule has 0 unspecified atom stereocenters. The summed E-state index contributed by atoms with van der Waals surface area (Å²) in [5.74, 6) is 0.471. The molecular weight excluding hydrogens is 210 g/mol. The van der Waals surface area contributed by atoms with E-state index in [4.69, 9.17) is 0 Å². The van der Waals surface area contributed by atoms with Crippen molar-refractivity contribution in [2.24, 2.45) is 0 Å². The average Bonchev–Trinajstić information content (AvgIpc) is 2.79. The van der Waals surface area contributed by atoms with E-state index in [0.717, 1.165) is 38.5 Å². The van der Waals surface area contributed by atoms with Gasteiger partial charge in [0.15, 0.2) is 5.78 Å². The van der Waals surface area contributed by atoms with Crippen molar-refractivity contribution >= 4 is 5.78 Å². The minimum atomic E-state index is -0.127. The molecule has 0 spiro atoms. The largest absolute Gasteiger partial charge is 0.298 e. The van der Waals surface area contributed by atoms with Gasteiger partial charge in [-0.2, -0.15) is 0 Å². The molecule has 1 rings (SSSR count). The fourth-order valence-electron chi connectivity index (χ4n) is 2.92. The van der Waals surface area contributed by atoms with Crippen molar-refractivity contribution in [2.75, 3.05) is 14.1 Å². The maximum atomic E-state index is 12.4. The van der Waals surface area contributed by atoms with E-state index in [-0.39, 0.29) is 5.54 Å². The van der Waals surface area contributed by atoms with Crippen LogP contribution in [0.5, 0.6) is 0 Å². The van der Waals surface area contributed by atoms with Gasteiger partial charge in [0.25, 0.3) is 0 Å². The highest BCUT2D eigenvalue weighted by molar-refractivity contribution is 5.88. The summed E-state index contributed by atoms with van der Waals surface area (Å²) in [4.78, 5) is 14.5. The predicted octanol–water partition coefficient (Wildman–Crippen LogP) is 3.57. The van der Waals surface area contributed by atoms with Crippen LogP contribution in [-0.4, -0.2) is 30.3 Å². The molecule has 0 saturated heterocycles. The monoisotopic (exact) mass is 237 g/mol. The van der Waals surface area contributed by atoms with E-state index in [9.17, 15) is 4.79 Å². The molecule has 98 valence electrons. The molecule has 2 heteroatoms. The van der Waals surface area contributed by atoms with Gasteiger partial charge in [0.2, 0.25) is 0 Å². The molecule has 0 heterocycles. The summed E-state index contributed by atoms with van der Waals surface area (Å²) in [5, 5.41) is 0. The highest BCUT2D eigenvalue weighted by Gasteiger charge is 2.41. The van der Waals surface area contributed by atoms with Gasteiger partial charge in [-0.3, -0.25) is 9.69 Å². The molecule has 2 nitrogen and oxygen atoms in total. The average molecular weight is 237 g/mol. The first-order valence-electron chi connectivity index (χ1n) is 6.95. The van der Waals surface area contributed by atoms with E-state index in [1.807, 2.05) is 6.08 Å². The topological polar surface area (TPSA) is 20.3 Å². The zero-order valence-electron chi connectivity index (χ0n) is 11.5. The molecule has 0 radical (unpaired) electrons. The summed E-state index contributed by atoms with van der Waals surface area (Å²) in [6.07, 6.45) is 11.7. The fourth-order valence-corrected chi connectivity index (χ4v) is 2.92. The normalized spacial score (nSPS) is 18.5. The van der Waals surface area contributed by atoms with Crippen molar-refractivity contribution in [1.82, 2.24) is 4.90 Å². The Bertz CT molecular complexity index is 252. The zero-order chi connectivity index (χ0) is 12.7. The van der Waals surface area contributed by atoms with Crippen molar-refractivity contribution in [3.8, 4) is 0 Å². The maximum absolute atomic E-state index is 12.4. The zero-order valence-corrected chi connectivity index (χ0v) is 11.5. The van der Waals surface area contributed by atoms with Crippen molar-refractivity contribution < 1.29 is 4.79 Å². The number of rotatable bonds is 8. The smallest absolute Gasteiger partial charge is 0.153 e. The number of allylic oxidation sites excluding steroid dienone is 1. The molecule has 0 atom stereocenters. The summed E-state index contributed by atoms with van der Waals surface area (Å²) in [5.41, 5.74) is -0.127. The molecule has 17 heavy (non-hydrogen) atoms. The standard InChI is InChI=1S/C15H27NO/c1-4-5-6-7-8-11-14(17)15(16(2)3)12-9-10-13-15/h4H,1,5-13H2,2-3H3. The molecule has 0 N–H and O–H groups in total. The Labute approximate surface area is 106 Å². The Hall–Kier alpha value is -0.630. The van der Waals surface area contributed by atoms with Crippen LogP contribution < -0.4 is 0 Å². The van der Waals surface area contributed by atoms with Crippen LogP contribution in [0.4, 0.5) is 0 Å². The quantitative estimate of drug-likeness (QED) is 0.475. The fraction of sp³-hybridized carbons (Fsp3) is 0.800. The predicted molar refractivity (Wildman–Crippen MR) is 73.2 cm³/mol. The maximum Gasteiger partial charge on any atom is 0.153 e. The van der Waals surface area contributed by atoms with Crippen LogP contribution in [0.25, 0.3) is 0 Å². The third-order valence-electron chi connectivity index (χ3n) is 4.12. The molecule has 0 bridgehead atoms. The van der Waals surface area contributed by atoms with E-state index >= 15 is 0 Å². The number of nitrogens with zero attached hydrogens (tertiary/aromatic N) is 1. The Kier molecular flexibility index (Phi) is 5.90. The Morgan fingerprint density at radius 3 is 2.41 bits per heavy atom. The van der Waals surface area contributed by atoms with Crippen LogP contribution in [-0.2, 0) is 4.79 Å². The second-order valence-corrected chi connectivity index (χ2v) is 5.44. The molecular formula is C15H27NO. The molecule has 0 aromatic rings. The Balaban J connectivity index is 2.36. The number of ketones is 1. The van der Waals surface area contributed by atoms with Gasteiger partial charge in [0.1, 0.15) is 0 Å². The lowest BCUT2D eigenvalue weighted by atomic mass is 9.87. The summed E-state index contributed by atoms with van der Waals surface area (Å²) < 4.78 is 0. The van der Waals surface area contributed by atoms with Crippen molar-refractivity contribution in [1.29, 1.82) is 0 Å². The highest BCUT2D eigenvalue weighted by Crippen LogP contribution is 2.35. The van der Waals surface area contributed by atoms with Crippen molar-refractivity contribution in [3.05, 3.63) is 12.7 Å². The van der Waals surface area contributed by atoms with Gasteiger partial charge in [-0.25, -0.2) is 0 Å². The van der Waals surface area contributed by atoms with Gasteiger partial charge in [-0.15, -0.1) is 6.58 Å². The van der Waals surface area contributed by atoms with Crippen molar-refractivity contribution in [3.63, 3.8) is 0 Å². The number of hydrogen-bond donors (Lipinski definition) is 0. The molecule has 0 aromatic carbocycles. The van der Waals surface area contributed by atoms with Crippen LogP contribution in [0.3, 0.4) is 0 Å². The number of carbonyl (C=O) groups excluding carboxylic acids is 1.